The van der Waals surface area contributed by atoms with Gasteiger partial charge in [0.1, 0.15) is 64.8 Å². The van der Waals surface area contributed by atoms with Crippen molar-refractivity contribution in [1.82, 2.24) is 81.7 Å². The Morgan fingerprint density at radius 1 is 0.352 bits per heavy atom. The fraction of sp³-hybridized carbons (Fsp3) is 0.229. The Labute approximate surface area is 863 Å². The minimum atomic E-state index is -0.235. The van der Waals surface area contributed by atoms with Crippen molar-refractivity contribution in [3.63, 3.8) is 0 Å². The van der Waals surface area contributed by atoms with Crippen LogP contribution in [0.5, 0.6) is 5.75 Å². The zero-order chi connectivity index (χ0) is 98.6. The van der Waals surface area contributed by atoms with E-state index in [0.717, 1.165) is 253 Å². The van der Waals surface area contributed by atoms with Gasteiger partial charge in [-0.05, 0) is 137 Å². The molecule has 11 N–H and O–H groups in total. The summed E-state index contributed by atoms with van der Waals surface area (Å²) in [5.74, 6) is -0.155. The third-order valence-corrected chi connectivity index (χ3v) is 31.3. The molecule has 0 bridgehead atoms. The van der Waals surface area contributed by atoms with Crippen LogP contribution in [-0.4, -0.2) is 224 Å². The predicted octanol–water partition coefficient (Wildman–Crippen LogP) is 17.2. The van der Waals surface area contributed by atoms with Gasteiger partial charge < -0.3 is 92.1 Å². The van der Waals surface area contributed by atoms with Crippen LogP contribution in [0.4, 0.5) is 56.9 Å². The van der Waals surface area contributed by atoms with E-state index in [1.165, 1.54) is 88.0 Å². The summed E-state index contributed by atoms with van der Waals surface area (Å²) in [6, 6.07) is 50.6. The van der Waals surface area contributed by atoms with Crippen molar-refractivity contribution in [2.45, 2.75) is 13.0 Å². The zero-order valence-electron chi connectivity index (χ0n) is 78.9. The third kappa shape index (κ3) is 24.2. The van der Waals surface area contributed by atoms with Gasteiger partial charge in [-0.2, -0.15) is 0 Å². The Morgan fingerprint density at radius 2 is 0.710 bits per heavy atom. The molecule has 33 nitrogen and oxygen atoms in total. The maximum Gasteiger partial charge on any atom is 0.275 e. The number of thiazole rings is 5. The maximum absolute atomic E-state index is 12.8. The summed E-state index contributed by atoms with van der Waals surface area (Å²) in [6.07, 6.45) is 19.8. The summed E-state index contributed by atoms with van der Waals surface area (Å²) < 4.78 is 13.4. The van der Waals surface area contributed by atoms with Gasteiger partial charge in [-0.25, -0.2) is 24.9 Å². The molecule has 0 aliphatic carbocycles. The van der Waals surface area contributed by atoms with Gasteiger partial charge >= 0.3 is 0 Å². The number of anilines is 10. The molecule has 0 saturated carbocycles. The van der Waals surface area contributed by atoms with Gasteiger partial charge in [0, 0.05) is 239 Å². The van der Waals surface area contributed by atoms with Gasteiger partial charge in [-0.1, -0.05) is 48.5 Å². The zero-order valence-corrected chi connectivity index (χ0v) is 84.7. The molecule has 5 amide bonds. The Kier molecular flexibility index (Phi) is 31.9. The number of piperazine rings is 5. The molecule has 736 valence electrons. The number of ether oxygens (including phenoxy) is 1. The molecule has 0 radical (unpaired) electrons. The topological polar surface area (TPSA) is 385 Å². The Morgan fingerprint density at radius 3 is 1.12 bits per heavy atom. The summed E-state index contributed by atoms with van der Waals surface area (Å²) in [5, 5.41) is 53.5. The number of amides is 5. The Hall–Kier alpha value is -14.6. The van der Waals surface area contributed by atoms with Gasteiger partial charge in [0.2, 0.25) is 0 Å². The normalized spacial score (nSPS) is 14.5. The molecular weight excluding hydrogens is 1960 g/mol. The van der Waals surface area contributed by atoms with Crippen LogP contribution >= 0.6 is 79.4 Å². The van der Waals surface area contributed by atoms with Crippen molar-refractivity contribution in [3.8, 4) is 57.9 Å². The summed E-state index contributed by atoms with van der Waals surface area (Å²) in [5.41, 5.74) is 17.8. The van der Waals surface area contributed by atoms with Gasteiger partial charge in [-0.15, -0.1) is 79.4 Å². The number of hydrogen-bond acceptors (Lipinski definition) is 35. The highest BCUT2D eigenvalue weighted by molar-refractivity contribution is 7.25. The first kappa shape index (κ1) is 97.8. The molecule has 145 heavy (non-hydrogen) atoms. The number of rotatable bonds is 22. The number of carbonyl (C=O) groups is 5. The average Bonchev–Trinajstić information content (AvgIpc) is 1.22. The second-order valence-corrected chi connectivity index (χ2v) is 40.6. The number of benzene rings is 5. The first-order valence-electron chi connectivity index (χ1n) is 47.6. The van der Waals surface area contributed by atoms with Crippen molar-refractivity contribution >= 4 is 197 Å². The first-order valence-corrected chi connectivity index (χ1v) is 53.7. The van der Waals surface area contributed by atoms with E-state index in [-0.39, 0.29) is 29.5 Å². The fourth-order valence-corrected chi connectivity index (χ4v) is 23.3. The quantitative estimate of drug-likeness (QED) is 0.0300. The highest BCUT2D eigenvalue weighted by Crippen LogP contribution is 2.40. The van der Waals surface area contributed by atoms with Gasteiger partial charge in [0.25, 0.3) is 29.5 Å². The minimum Gasteiger partial charge on any atom is -0.493 e. The molecule has 13 aromatic heterocycles. The molecule has 18 aromatic rings. The van der Waals surface area contributed by atoms with Crippen molar-refractivity contribution in [3.05, 3.63) is 292 Å². The molecule has 5 saturated heterocycles. The van der Waals surface area contributed by atoms with E-state index in [2.05, 4.69) is 199 Å². The lowest BCUT2D eigenvalue weighted by Gasteiger charge is -2.30. The van der Waals surface area contributed by atoms with Crippen LogP contribution in [0.25, 0.3) is 83.3 Å². The second kappa shape index (κ2) is 47.3. The van der Waals surface area contributed by atoms with Crippen LogP contribution in [-0.2, 0) is 13.0 Å². The van der Waals surface area contributed by atoms with E-state index in [1.54, 1.807) is 107 Å². The average molecular weight is 2060 g/mol. The SMILES string of the molecule is CNCc1ccc(-c2nc(C(=O)Nc3cnccc3N3CCNCC3)cs2)cc1.O=C(Nc1cnccc1N1CCNCC1)c1csc(-c2cc3ccccc3s2)n1.O=C(Nc1cnccc1N1CCNCC1)c1csc(-c2ccc3c(c2)CCO3)n1.O=C(Nc1cnccc1N1CCNCC1)c1csc(-c2ccc3occc3c2)n1.O=C(Nc1cnccc1N1CCNCC1)c1csc(-c2ccc3sccc3c2)n1. The van der Waals surface area contributed by atoms with Crippen LogP contribution in [0, 0.1) is 0 Å². The molecule has 0 unspecified atom stereocenters. The van der Waals surface area contributed by atoms with Crippen molar-refractivity contribution in [2.24, 2.45) is 0 Å². The number of carbonyl (C=O) groups excluding carboxylic acids is 5. The van der Waals surface area contributed by atoms with Gasteiger partial charge in [0.05, 0.1) is 106 Å². The molecule has 19 heterocycles. The number of nitrogens with one attached hydrogen (secondary N) is 11. The third-order valence-electron chi connectivity index (χ3n) is 24.8. The number of aromatic nitrogens is 10. The van der Waals surface area contributed by atoms with E-state index in [0.29, 0.717) is 51.2 Å². The number of nitrogens with zero attached hydrogens (tertiary/aromatic N) is 15. The summed E-state index contributed by atoms with van der Waals surface area (Å²) in [6.45, 7) is 19.8. The number of hydrogen-bond donors (Lipinski definition) is 11. The minimum absolute atomic E-state index is 0.210. The van der Waals surface area contributed by atoms with Crippen molar-refractivity contribution in [1.29, 1.82) is 0 Å². The number of furan rings is 1. The molecule has 6 aliphatic rings. The van der Waals surface area contributed by atoms with Crippen LogP contribution < -0.4 is 87.7 Å². The summed E-state index contributed by atoms with van der Waals surface area (Å²) >= 11 is 10.8. The monoisotopic (exact) mass is 2060 g/mol. The van der Waals surface area contributed by atoms with Crippen LogP contribution in [0.2, 0.25) is 0 Å². The van der Waals surface area contributed by atoms with Crippen LogP contribution in [0.15, 0.2) is 257 Å². The highest BCUT2D eigenvalue weighted by atomic mass is 32.1. The smallest absolute Gasteiger partial charge is 0.275 e. The Balaban J connectivity index is 0.000000110. The van der Waals surface area contributed by atoms with E-state index in [4.69, 9.17) is 9.15 Å². The largest absolute Gasteiger partial charge is 0.493 e. The van der Waals surface area contributed by atoms with E-state index >= 15 is 0 Å². The lowest BCUT2D eigenvalue weighted by atomic mass is 10.1. The van der Waals surface area contributed by atoms with Crippen LogP contribution in [0.1, 0.15) is 63.6 Å². The lowest BCUT2D eigenvalue weighted by molar-refractivity contribution is 0.101. The molecule has 24 rings (SSSR count). The van der Waals surface area contributed by atoms with E-state index in [9.17, 15) is 24.0 Å². The number of pyridine rings is 5. The second-order valence-electron chi connectivity index (χ2n) is 34.3. The highest BCUT2D eigenvalue weighted by Gasteiger charge is 2.28. The van der Waals surface area contributed by atoms with E-state index < -0.39 is 0 Å². The molecule has 0 atom stereocenters. The first-order chi connectivity index (χ1) is 71.3. The van der Waals surface area contributed by atoms with Gasteiger partial charge in [0.15, 0.2) is 0 Å². The number of thiophene rings is 2. The van der Waals surface area contributed by atoms with Gasteiger partial charge in [-0.3, -0.25) is 48.9 Å². The maximum atomic E-state index is 12.8. The molecule has 5 aromatic carbocycles. The molecule has 5 fully saturated rings. The molecular formula is C105H102N26O7S7. The molecule has 0 spiro atoms. The van der Waals surface area contributed by atoms with Crippen molar-refractivity contribution < 1.29 is 33.1 Å². The number of fused-ring (bicyclic) bond motifs is 4. The molecule has 40 heteroatoms. The standard InChI is InChI=1S/C21H24N6OS.C21H21N5O2S.C21H19N5O2S.2C21H19N5OS2/c1-22-12-15-2-4-16(5-3-15)21-26-18(14-29-21)20(28)25-17-13-24-7-6-19(17)27-10-8-23-9-11-27;3*27-20(24-16-12-23-5-3-18(16)26-8-6-22-7-9-26)17-13-29-21(25-17)15-1-2-19-14(11-15)4-10-28-19;27-20(24-15-12-23-6-5-17(15)26-9-7-22-8-10-26)16-13-28-21(25-16)19-11-14-3-1-2-4-18(14)29-19/h2-7,13-14,22-23H,8-12H2,1H3,(H,25,28);1-3,5,11-13,22H,4,6-10H2,(H,24,27);2*1-5,10-13,22H,6-9H2,(H,24,27);1-6,11-13,22H,7-10H2,(H,24,27). The van der Waals surface area contributed by atoms with Crippen molar-refractivity contribution in [2.75, 3.05) is 196 Å². The summed E-state index contributed by atoms with van der Waals surface area (Å²) in [4.78, 5) is 120. The predicted molar refractivity (Wildman–Crippen MR) is 587 cm³/mol. The van der Waals surface area contributed by atoms with E-state index in [1.807, 2.05) is 109 Å². The molecule has 6 aliphatic heterocycles. The van der Waals surface area contributed by atoms with Crippen LogP contribution in [0.3, 0.4) is 0 Å². The Bertz CT molecular complexity index is 7160. The fourth-order valence-electron chi connectivity index (χ4n) is 17.4. The summed E-state index contributed by atoms with van der Waals surface area (Å²) in [7, 11) is 1.93. The lowest BCUT2D eigenvalue weighted by Crippen LogP contribution is -2.43.